The first kappa shape index (κ1) is 23.4. The topological polar surface area (TPSA) is 81.7 Å². The number of halogens is 2. The van der Waals surface area contributed by atoms with Gasteiger partial charge in [0.25, 0.3) is 0 Å². The molecule has 0 amide bonds. The summed E-state index contributed by atoms with van der Waals surface area (Å²) in [5.74, 6) is 0. The Morgan fingerprint density at radius 3 is 2.15 bits per heavy atom. The number of ether oxygens (including phenoxy) is 1. The molecule has 7 nitrogen and oxygen atoms in total. The quantitative estimate of drug-likeness (QED) is 0.426. The summed E-state index contributed by atoms with van der Waals surface area (Å²) in [5.41, 5.74) is 2.74. The van der Waals surface area contributed by atoms with E-state index in [1.165, 1.54) is 9.20 Å². The Labute approximate surface area is 201 Å². The molecule has 2 aromatic heterocycles. The summed E-state index contributed by atoms with van der Waals surface area (Å²) in [6.07, 6.45) is 0.730. The Kier molecular flexibility index (Phi) is 6.59. The van der Waals surface area contributed by atoms with Crippen molar-refractivity contribution in [1.29, 1.82) is 0 Å². The van der Waals surface area contributed by atoms with Gasteiger partial charge in [-0.15, -0.1) is 5.10 Å². The zero-order valence-electron chi connectivity index (χ0n) is 18.5. The Morgan fingerprint density at radius 1 is 1.00 bits per heavy atom. The summed E-state index contributed by atoms with van der Waals surface area (Å²) in [5, 5.41) is 20.5. The van der Waals surface area contributed by atoms with Crippen molar-refractivity contribution in [1.82, 2.24) is 19.4 Å². The number of aliphatic hydroxyl groups excluding tert-OH is 1. The lowest BCUT2D eigenvalue weighted by atomic mass is 9.97. The third-order valence-electron chi connectivity index (χ3n) is 4.99. The van der Waals surface area contributed by atoms with Crippen LogP contribution in [0.4, 0.5) is 0 Å². The monoisotopic (exact) mass is 486 g/mol. The van der Waals surface area contributed by atoms with Gasteiger partial charge in [0.2, 0.25) is 0 Å². The molecule has 2 aromatic carbocycles. The molecule has 0 aliphatic carbocycles. The molecular formula is C24H24Cl2N4O3. The summed E-state index contributed by atoms with van der Waals surface area (Å²) in [7, 11) is 0. The first-order chi connectivity index (χ1) is 15.6. The number of rotatable bonds is 6. The number of nitrogens with zero attached hydrogens (tertiary/aromatic N) is 4. The van der Waals surface area contributed by atoms with Crippen LogP contribution in [-0.2, 0) is 11.3 Å². The molecule has 0 radical (unpaired) electrons. The molecule has 172 valence electrons. The van der Waals surface area contributed by atoms with E-state index in [9.17, 15) is 9.90 Å². The predicted octanol–water partition coefficient (Wildman–Crippen LogP) is 4.71. The van der Waals surface area contributed by atoms with E-state index in [4.69, 9.17) is 27.9 Å². The maximum absolute atomic E-state index is 13.0. The SMILES string of the molecule is CC(C)(C)OCC(O)Cn1nc2c(-c3ccc(Cl)cc3)c(-c3ccc(Cl)cc3)cnn2c1=O. The third-order valence-corrected chi connectivity index (χ3v) is 5.50. The van der Waals surface area contributed by atoms with Crippen molar-refractivity contribution < 1.29 is 9.84 Å². The van der Waals surface area contributed by atoms with Crippen LogP contribution in [0.1, 0.15) is 20.8 Å². The van der Waals surface area contributed by atoms with Crippen LogP contribution in [0.5, 0.6) is 0 Å². The van der Waals surface area contributed by atoms with Gasteiger partial charge in [-0.05, 0) is 56.2 Å². The Balaban J connectivity index is 1.83. The van der Waals surface area contributed by atoms with E-state index in [0.29, 0.717) is 15.7 Å². The van der Waals surface area contributed by atoms with Crippen LogP contribution >= 0.6 is 23.2 Å². The van der Waals surface area contributed by atoms with E-state index in [0.717, 1.165) is 22.3 Å². The van der Waals surface area contributed by atoms with E-state index in [1.54, 1.807) is 30.5 Å². The van der Waals surface area contributed by atoms with Gasteiger partial charge in [-0.3, -0.25) is 0 Å². The molecule has 0 saturated carbocycles. The highest BCUT2D eigenvalue weighted by Crippen LogP contribution is 2.34. The predicted molar refractivity (Wildman–Crippen MR) is 130 cm³/mol. The van der Waals surface area contributed by atoms with E-state index >= 15 is 0 Å². The van der Waals surface area contributed by atoms with Crippen molar-refractivity contribution in [3.63, 3.8) is 0 Å². The number of hydrogen-bond donors (Lipinski definition) is 1. The second kappa shape index (κ2) is 9.27. The minimum absolute atomic E-state index is 0.0192. The van der Waals surface area contributed by atoms with Gasteiger partial charge in [0.15, 0.2) is 5.65 Å². The van der Waals surface area contributed by atoms with E-state index in [2.05, 4.69) is 10.2 Å². The van der Waals surface area contributed by atoms with Crippen LogP contribution < -0.4 is 5.69 Å². The molecule has 1 N–H and O–H groups in total. The zero-order chi connectivity index (χ0) is 23.8. The van der Waals surface area contributed by atoms with Crippen molar-refractivity contribution in [3.8, 4) is 22.3 Å². The zero-order valence-corrected chi connectivity index (χ0v) is 20.0. The van der Waals surface area contributed by atoms with Crippen LogP contribution in [-0.4, -0.2) is 42.8 Å². The number of aliphatic hydroxyl groups is 1. The average molecular weight is 487 g/mol. The van der Waals surface area contributed by atoms with E-state index in [-0.39, 0.29) is 13.2 Å². The van der Waals surface area contributed by atoms with Crippen LogP contribution in [0.25, 0.3) is 27.9 Å². The maximum Gasteiger partial charge on any atom is 0.367 e. The van der Waals surface area contributed by atoms with Gasteiger partial charge in [-0.1, -0.05) is 47.5 Å². The molecule has 0 saturated heterocycles. The van der Waals surface area contributed by atoms with Gasteiger partial charge in [-0.25, -0.2) is 9.48 Å². The van der Waals surface area contributed by atoms with Crippen molar-refractivity contribution in [2.45, 2.75) is 39.0 Å². The molecule has 0 bridgehead atoms. The fraction of sp³-hybridized carbons (Fsp3) is 0.292. The van der Waals surface area contributed by atoms with E-state index < -0.39 is 17.4 Å². The second-order valence-electron chi connectivity index (χ2n) is 8.72. The Morgan fingerprint density at radius 2 is 1.58 bits per heavy atom. The van der Waals surface area contributed by atoms with Gasteiger partial charge in [0.05, 0.1) is 31.1 Å². The largest absolute Gasteiger partial charge is 0.389 e. The molecule has 2 heterocycles. The number of benzene rings is 2. The molecule has 33 heavy (non-hydrogen) atoms. The smallest absolute Gasteiger partial charge is 0.367 e. The molecule has 0 aliphatic heterocycles. The molecule has 4 rings (SSSR count). The highest BCUT2D eigenvalue weighted by molar-refractivity contribution is 6.31. The lowest BCUT2D eigenvalue weighted by Gasteiger charge is -2.21. The molecule has 0 spiro atoms. The second-order valence-corrected chi connectivity index (χ2v) is 9.60. The van der Waals surface area contributed by atoms with Gasteiger partial charge in [0, 0.05) is 21.2 Å². The van der Waals surface area contributed by atoms with Gasteiger partial charge in [0.1, 0.15) is 0 Å². The summed E-state index contributed by atoms with van der Waals surface area (Å²) >= 11 is 12.2. The molecule has 0 fully saturated rings. The highest BCUT2D eigenvalue weighted by Gasteiger charge is 2.21. The van der Waals surface area contributed by atoms with Crippen LogP contribution in [0, 0.1) is 0 Å². The number of aromatic nitrogens is 4. The van der Waals surface area contributed by atoms with Gasteiger partial charge in [-0.2, -0.15) is 9.61 Å². The number of fused-ring (bicyclic) bond motifs is 1. The Bertz CT molecular complexity index is 1320. The van der Waals surface area contributed by atoms with Crippen molar-refractivity contribution in [2.24, 2.45) is 0 Å². The maximum atomic E-state index is 13.0. The standard InChI is InChI=1S/C24H24Cl2N4O3/c1-24(2,3)33-14-19(31)13-29-23(32)30-22(28-29)21(16-6-10-18(26)11-7-16)20(12-27-30)15-4-8-17(25)9-5-15/h4-12,19,31H,13-14H2,1-3H3. The molecule has 1 unspecified atom stereocenters. The summed E-state index contributed by atoms with van der Waals surface area (Å²) in [4.78, 5) is 13.0. The molecular weight excluding hydrogens is 463 g/mol. The normalized spacial score (nSPS) is 12.9. The van der Waals surface area contributed by atoms with Gasteiger partial charge >= 0.3 is 5.69 Å². The fourth-order valence-corrected chi connectivity index (χ4v) is 3.68. The minimum Gasteiger partial charge on any atom is -0.389 e. The lowest BCUT2D eigenvalue weighted by Crippen LogP contribution is -2.33. The average Bonchev–Trinajstić information content (AvgIpc) is 3.08. The first-order valence-electron chi connectivity index (χ1n) is 10.4. The van der Waals surface area contributed by atoms with Crippen molar-refractivity contribution in [3.05, 3.63) is 75.3 Å². The lowest BCUT2D eigenvalue weighted by molar-refractivity contribution is -0.0534. The summed E-state index contributed by atoms with van der Waals surface area (Å²) in [6, 6.07) is 14.7. The third kappa shape index (κ3) is 5.28. The first-order valence-corrected chi connectivity index (χ1v) is 11.2. The van der Waals surface area contributed by atoms with Crippen LogP contribution in [0.3, 0.4) is 0 Å². The van der Waals surface area contributed by atoms with Crippen LogP contribution in [0.2, 0.25) is 10.0 Å². The summed E-state index contributed by atoms with van der Waals surface area (Å²) in [6.45, 7) is 5.76. The fourth-order valence-electron chi connectivity index (χ4n) is 3.43. The molecule has 0 aliphatic rings. The molecule has 1 atom stereocenters. The van der Waals surface area contributed by atoms with Gasteiger partial charge < -0.3 is 9.84 Å². The molecule has 4 aromatic rings. The van der Waals surface area contributed by atoms with Crippen molar-refractivity contribution >= 4 is 28.8 Å². The van der Waals surface area contributed by atoms with E-state index in [1.807, 2.05) is 45.0 Å². The number of hydrogen-bond acceptors (Lipinski definition) is 5. The summed E-state index contributed by atoms with van der Waals surface area (Å²) < 4.78 is 8.08. The molecule has 9 heteroatoms. The minimum atomic E-state index is -0.901. The van der Waals surface area contributed by atoms with Crippen LogP contribution in [0.15, 0.2) is 59.5 Å². The van der Waals surface area contributed by atoms with Crippen molar-refractivity contribution in [2.75, 3.05) is 6.61 Å². The Hall–Kier alpha value is -2.71. The highest BCUT2D eigenvalue weighted by atomic mass is 35.5.